The van der Waals surface area contributed by atoms with E-state index in [1.54, 1.807) is 32.0 Å². The van der Waals surface area contributed by atoms with Crippen molar-refractivity contribution < 1.29 is 14.6 Å². The summed E-state index contributed by atoms with van der Waals surface area (Å²) < 4.78 is 5.11. The van der Waals surface area contributed by atoms with Crippen LogP contribution in [0.1, 0.15) is 25.0 Å². The zero-order valence-corrected chi connectivity index (χ0v) is 9.44. The number of rotatable bonds is 3. The predicted octanol–water partition coefficient (Wildman–Crippen LogP) is 1.93. The van der Waals surface area contributed by atoms with E-state index in [1.165, 1.54) is 7.11 Å². The van der Waals surface area contributed by atoms with Crippen LogP contribution in [-0.2, 0) is 10.2 Å². The van der Waals surface area contributed by atoms with Crippen molar-refractivity contribution in [1.29, 1.82) is 5.26 Å². The lowest BCUT2D eigenvalue weighted by Gasteiger charge is -2.22. The first-order chi connectivity index (χ1) is 7.43. The highest BCUT2D eigenvalue weighted by Gasteiger charge is 2.32. The van der Waals surface area contributed by atoms with Crippen molar-refractivity contribution in [1.82, 2.24) is 0 Å². The van der Waals surface area contributed by atoms with Crippen LogP contribution in [-0.4, -0.2) is 18.2 Å². The summed E-state index contributed by atoms with van der Waals surface area (Å²) in [5.74, 6) is -0.479. The van der Waals surface area contributed by atoms with Crippen LogP contribution in [0.5, 0.6) is 5.75 Å². The van der Waals surface area contributed by atoms with E-state index in [-0.39, 0.29) is 0 Å². The van der Waals surface area contributed by atoms with Crippen LogP contribution in [0.15, 0.2) is 18.2 Å². The monoisotopic (exact) mass is 219 g/mol. The van der Waals surface area contributed by atoms with Gasteiger partial charge in [-0.3, -0.25) is 4.79 Å². The van der Waals surface area contributed by atoms with Gasteiger partial charge < -0.3 is 9.84 Å². The Kier molecular flexibility index (Phi) is 3.19. The average Bonchev–Trinajstić information content (AvgIpc) is 2.27. The molecule has 1 aromatic carbocycles. The number of aliphatic carboxylic acids is 1. The van der Waals surface area contributed by atoms with E-state index in [1.807, 2.05) is 6.07 Å². The predicted molar refractivity (Wildman–Crippen MR) is 58.4 cm³/mol. The molecule has 0 spiro atoms. The lowest BCUT2D eigenvalue weighted by molar-refractivity contribution is -0.142. The molecule has 0 aliphatic rings. The number of methoxy groups -OCH3 is 1. The van der Waals surface area contributed by atoms with Crippen LogP contribution in [0.3, 0.4) is 0 Å². The molecule has 0 saturated carbocycles. The van der Waals surface area contributed by atoms with Crippen molar-refractivity contribution in [2.75, 3.05) is 7.11 Å². The number of hydrogen-bond acceptors (Lipinski definition) is 3. The summed E-state index contributed by atoms with van der Waals surface area (Å²) >= 11 is 0. The number of carbonyl (C=O) groups is 1. The van der Waals surface area contributed by atoms with Crippen molar-refractivity contribution in [3.05, 3.63) is 29.3 Å². The number of hydrogen-bond donors (Lipinski definition) is 1. The number of carboxylic acids is 1. The van der Waals surface area contributed by atoms with Gasteiger partial charge in [0.05, 0.1) is 24.2 Å². The Balaban J connectivity index is 3.41. The molecule has 0 saturated heterocycles. The van der Waals surface area contributed by atoms with E-state index in [2.05, 4.69) is 0 Å². The molecule has 0 unspecified atom stereocenters. The molecule has 0 amide bonds. The fraction of sp³-hybridized carbons (Fsp3) is 0.333. The molecule has 4 nitrogen and oxygen atoms in total. The number of nitrogens with zero attached hydrogens (tertiary/aromatic N) is 1. The number of ether oxygens (including phenoxy) is 1. The molecule has 1 aromatic rings. The second kappa shape index (κ2) is 4.23. The van der Waals surface area contributed by atoms with Crippen molar-refractivity contribution in [3.63, 3.8) is 0 Å². The van der Waals surface area contributed by atoms with Gasteiger partial charge in [0.1, 0.15) is 5.75 Å². The van der Waals surface area contributed by atoms with Gasteiger partial charge in [0.25, 0.3) is 0 Å². The first-order valence-corrected chi connectivity index (χ1v) is 4.75. The largest absolute Gasteiger partial charge is 0.496 e. The van der Waals surface area contributed by atoms with Gasteiger partial charge in [-0.25, -0.2) is 0 Å². The van der Waals surface area contributed by atoms with Crippen LogP contribution >= 0.6 is 0 Å². The van der Waals surface area contributed by atoms with Crippen LogP contribution in [0.25, 0.3) is 0 Å². The highest BCUT2D eigenvalue weighted by molar-refractivity contribution is 5.81. The molecule has 4 heteroatoms. The second-order valence-corrected chi connectivity index (χ2v) is 3.96. The Labute approximate surface area is 94.1 Å². The maximum atomic E-state index is 11.2. The molecule has 0 aromatic heterocycles. The Morgan fingerprint density at radius 2 is 2.12 bits per heavy atom. The van der Waals surface area contributed by atoms with E-state index in [0.717, 1.165) is 0 Å². The van der Waals surface area contributed by atoms with E-state index in [9.17, 15) is 4.79 Å². The molecular weight excluding hydrogens is 206 g/mol. The molecular formula is C12H13NO3. The maximum absolute atomic E-state index is 11.2. The van der Waals surface area contributed by atoms with Crippen LogP contribution in [0, 0.1) is 11.3 Å². The highest BCUT2D eigenvalue weighted by Crippen LogP contribution is 2.32. The molecule has 0 heterocycles. The van der Waals surface area contributed by atoms with E-state index in [4.69, 9.17) is 15.1 Å². The summed E-state index contributed by atoms with van der Waals surface area (Å²) in [4.78, 5) is 11.2. The first-order valence-electron chi connectivity index (χ1n) is 4.75. The summed E-state index contributed by atoms with van der Waals surface area (Å²) in [5, 5.41) is 17.9. The Morgan fingerprint density at radius 3 is 2.56 bits per heavy atom. The fourth-order valence-electron chi connectivity index (χ4n) is 1.38. The average molecular weight is 219 g/mol. The molecule has 0 bridgehead atoms. The normalized spacial score (nSPS) is 10.6. The Hall–Kier alpha value is -2.02. The molecule has 0 aliphatic heterocycles. The van der Waals surface area contributed by atoms with Gasteiger partial charge in [-0.05, 0) is 32.0 Å². The summed E-state index contributed by atoms with van der Waals surface area (Å²) in [6, 6.07) is 6.74. The molecule has 0 aliphatic carbocycles. The zero-order valence-electron chi connectivity index (χ0n) is 9.44. The van der Waals surface area contributed by atoms with Gasteiger partial charge in [0.15, 0.2) is 0 Å². The maximum Gasteiger partial charge on any atom is 0.313 e. The van der Waals surface area contributed by atoms with Crippen molar-refractivity contribution in [2.24, 2.45) is 0 Å². The fourth-order valence-corrected chi connectivity index (χ4v) is 1.38. The first kappa shape index (κ1) is 12.1. The van der Waals surface area contributed by atoms with Gasteiger partial charge >= 0.3 is 5.97 Å². The minimum Gasteiger partial charge on any atom is -0.496 e. The Morgan fingerprint density at radius 1 is 1.50 bits per heavy atom. The molecule has 1 N–H and O–H groups in total. The molecule has 16 heavy (non-hydrogen) atoms. The minimum absolute atomic E-state index is 0.421. The summed E-state index contributed by atoms with van der Waals surface area (Å²) in [6.45, 7) is 3.16. The van der Waals surface area contributed by atoms with Gasteiger partial charge in [0, 0.05) is 5.56 Å². The van der Waals surface area contributed by atoms with Crippen LogP contribution in [0.2, 0.25) is 0 Å². The third-order valence-electron chi connectivity index (χ3n) is 2.54. The summed E-state index contributed by atoms with van der Waals surface area (Å²) in [7, 11) is 1.48. The van der Waals surface area contributed by atoms with Gasteiger partial charge in [-0.1, -0.05) is 0 Å². The van der Waals surface area contributed by atoms with E-state index in [0.29, 0.717) is 16.9 Å². The van der Waals surface area contributed by atoms with E-state index < -0.39 is 11.4 Å². The van der Waals surface area contributed by atoms with Crippen molar-refractivity contribution in [3.8, 4) is 11.8 Å². The zero-order chi connectivity index (χ0) is 12.3. The quantitative estimate of drug-likeness (QED) is 0.843. The lowest BCUT2D eigenvalue weighted by atomic mass is 9.83. The molecule has 1 rings (SSSR count). The third kappa shape index (κ3) is 1.98. The molecule has 0 fully saturated rings. The lowest BCUT2D eigenvalue weighted by Crippen LogP contribution is -2.29. The standard InChI is InChI=1S/C12H13NO3/c1-12(2,11(14)15)9-6-8(7-13)4-5-10(9)16-3/h4-6H,1-3H3,(H,14,15). The van der Waals surface area contributed by atoms with Gasteiger partial charge in [0.2, 0.25) is 0 Å². The highest BCUT2D eigenvalue weighted by atomic mass is 16.5. The molecule has 0 radical (unpaired) electrons. The summed E-state index contributed by atoms with van der Waals surface area (Å²) in [6.07, 6.45) is 0. The van der Waals surface area contributed by atoms with E-state index >= 15 is 0 Å². The van der Waals surface area contributed by atoms with Crippen molar-refractivity contribution in [2.45, 2.75) is 19.3 Å². The SMILES string of the molecule is COc1ccc(C#N)cc1C(C)(C)C(=O)O. The molecule has 84 valence electrons. The van der Waals surface area contributed by atoms with Crippen LogP contribution < -0.4 is 4.74 Å². The second-order valence-electron chi connectivity index (χ2n) is 3.96. The third-order valence-corrected chi connectivity index (χ3v) is 2.54. The number of benzene rings is 1. The Bertz CT molecular complexity index is 458. The smallest absolute Gasteiger partial charge is 0.313 e. The number of carboxylic acid groups (broad SMARTS) is 1. The topological polar surface area (TPSA) is 70.3 Å². The van der Waals surface area contributed by atoms with Crippen LogP contribution in [0.4, 0.5) is 0 Å². The van der Waals surface area contributed by atoms with Gasteiger partial charge in [-0.15, -0.1) is 0 Å². The van der Waals surface area contributed by atoms with Crippen molar-refractivity contribution >= 4 is 5.97 Å². The summed E-state index contributed by atoms with van der Waals surface area (Å²) in [5.41, 5.74) is -0.162. The van der Waals surface area contributed by atoms with Gasteiger partial charge in [-0.2, -0.15) is 5.26 Å². The molecule has 0 atom stereocenters. The minimum atomic E-state index is -1.09. The number of nitriles is 1.